The first kappa shape index (κ1) is 33.4. The molecule has 10 nitrogen and oxygen atoms in total. The molecule has 0 radical (unpaired) electrons. The molecule has 4 N–H and O–H groups in total. The van der Waals surface area contributed by atoms with E-state index in [1.54, 1.807) is 20.8 Å². The average molecular weight is 614 g/mol. The molecule has 10 heteroatoms. The maximum Gasteiger partial charge on any atom is 0.408 e. The van der Waals surface area contributed by atoms with Gasteiger partial charge < -0.3 is 30.4 Å². The maximum absolute atomic E-state index is 13.8. The van der Waals surface area contributed by atoms with E-state index in [9.17, 15) is 9.59 Å². The van der Waals surface area contributed by atoms with Gasteiger partial charge in [-0.05, 0) is 58.2 Å². The summed E-state index contributed by atoms with van der Waals surface area (Å²) < 4.78 is 16.8. The number of aromatic nitrogens is 2. The van der Waals surface area contributed by atoms with Crippen LogP contribution in [0.3, 0.4) is 0 Å². The van der Waals surface area contributed by atoms with E-state index >= 15 is 0 Å². The molecular weight excluding hydrogens is 570 g/mol. The highest BCUT2D eigenvalue weighted by Crippen LogP contribution is 2.37. The molecule has 4 aromatic rings. The van der Waals surface area contributed by atoms with Gasteiger partial charge in [-0.15, -0.1) is 0 Å². The van der Waals surface area contributed by atoms with Gasteiger partial charge in [0, 0.05) is 0 Å². The lowest BCUT2D eigenvalue weighted by Crippen LogP contribution is -2.48. The van der Waals surface area contributed by atoms with Gasteiger partial charge in [0.25, 0.3) is 0 Å². The molecule has 3 aromatic carbocycles. The first-order valence-electron chi connectivity index (χ1n) is 15.0. The predicted molar refractivity (Wildman–Crippen MR) is 171 cm³/mol. The highest BCUT2D eigenvalue weighted by atomic mass is 16.6. The Morgan fingerprint density at radius 1 is 0.800 bits per heavy atom. The normalized spacial score (nSPS) is 13.5. The van der Waals surface area contributed by atoms with Crippen LogP contribution in [-0.2, 0) is 19.8 Å². The Bertz CT molecular complexity index is 1430. The fourth-order valence-electron chi connectivity index (χ4n) is 4.83. The number of hydrogen-bond donors (Lipinski definition) is 3. The second-order valence-electron chi connectivity index (χ2n) is 12.8. The molecule has 0 spiro atoms. The van der Waals surface area contributed by atoms with Crippen LogP contribution in [0, 0.1) is 0 Å². The predicted octanol–water partition coefficient (Wildman–Crippen LogP) is 5.95. The average Bonchev–Trinajstić information content (AvgIpc) is 3.49. The molecule has 0 saturated carbocycles. The summed E-state index contributed by atoms with van der Waals surface area (Å²) >= 11 is 0. The number of ether oxygens (including phenoxy) is 2. The molecule has 2 unspecified atom stereocenters. The molecule has 0 saturated heterocycles. The van der Waals surface area contributed by atoms with Gasteiger partial charge >= 0.3 is 6.09 Å². The molecule has 238 valence electrons. The first-order valence-corrected chi connectivity index (χ1v) is 15.0. The SMILES string of the molecule is CC(C)(C)OCC(NC(=O)OC(C)(C)C)c1noc(C(N)CC(=O)NC(c2ccccc2)(c2ccccc2)c2ccccc2)n1. The lowest BCUT2D eigenvalue weighted by Gasteiger charge is -2.37. The number of nitrogens with two attached hydrogens (primary N) is 1. The zero-order valence-corrected chi connectivity index (χ0v) is 26.7. The molecule has 4 rings (SSSR count). The van der Waals surface area contributed by atoms with E-state index in [0.29, 0.717) is 0 Å². The van der Waals surface area contributed by atoms with Gasteiger partial charge in [0.15, 0.2) is 5.82 Å². The molecular formula is C35H43N5O5. The zero-order valence-electron chi connectivity index (χ0n) is 26.7. The Kier molecular flexibility index (Phi) is 10.4. The summed E-state index contributed by atoms with van der Waals surface area (Å²) in [6.07, 6.45) is -0.794. The van der Waals surface area contributed by atoms with Crippen molar-refractivity contribution in [3.05, 3.63) is 119 Å². The third-order valence-corrected chi connectivity index (χ3v) is 6.81. The molecule has 1 aromatic heterocycles. The minimum Gasteiger partial charge on any atom is -0.444 e. The van der Waals surface area contributed by atoms with Crippen LogP contribution in [0.15, 0.2) is 95.5 Å². The number of amides is 2. The number of benzene rings is 3. The lowest BCUT2D eigenvalue weighted by atomic mass is 9.77. The number of nitrogens with zero attached hydrogens (tertiary/aromatic N) is 2. The summed E-state index contributed by atoms with van der Waals surface area (Å²) in [5, 5.41) is 10.1. The molecule has 0 bridgehead atoms. The topological polar surface area (TPSA) is 142 Å². The van der Waals surface area contributed by atoms with E-state index in [1.165, 1.54) is 0 Å². The van der Waals surface area contributed by atoms with Gasteiger partial charge in [0.05, 0.1) is 24.7 Å². The van der Waals surface area contributed by atoms with Crippen LogP contribution in [0.1, 0.15) is 88.5 Å². The quantitative estimate of drug-likeness (QED) is 0.176. The Hall–Kier alpha value is -4.54. The largest absolute Gasteiger partial charge is 0.444 e. The molecule has 0 aliphatic carbocycles. The van der Waals surface area contributed by atoms with Crippen LogP contribution in [0.2, 0.25) is 0 Å². The number of nitrogens with one attached hydrogen (secondary N) is 2. The maximum atomic E-state index is 13.8. The number of carbonyl (C=O) groups is 2. The van der Waals surface area contributed by atoms with Crippen molar-refractivity contribution in [3.8, 4) is 0 Å². The van der Waals surface area contributed by atoms with E-state index < -0.39 is 34.9 Å². The zero-order chi connectivity index (χ0) is 32.7. The van der Waals surface area contributed by atoms with Crippen molar-refractivity contribution < 1.29 is 23.6 Å². The highest BCUT2D eigenvalue weighted by Gasteiger charge is 2.38. The minimum atomic E-state index is -0.993. The van der Waals surface area contributed by atoms with E-state index in [4.69, 9.17) is 19.7 Å². The minimum absolute atomic E-state index is 0.0524. The van der Waals surface area contributed by atoms with Gasteiger partial charge in [-0.1, -0.05) is 96.2 Å². The second kappa shape index (κ2) is 14.0. The van der Waals surface area contributed by atoms with Gasteiger partial charge in [-0.2, -0.15) is 4.98 Å². The van der Waals surface area contributed by atoms with Crippen LogP contribution in [0.5, 0.6) is 0 Å². The Morgan fingerprint density at radius 3 is 1.73 bits per heavy atom. The Morgan fingerprint density at radius 2 is 1.29 bits per heavy atom. The molecule has 2 amide bonds. The van der Waals surface area contributed by atoms with Crippen molar-refractivity contribution in [2.75, 3.05) is 6.61 Å². The van der Waals surface area contributed by atoms with Crippen LogP contribution >= 0.6 is 0 Å². The molecule has 0 aliphatic heterocycles. The van der Waals surface area contributed by atoms with Crippen molar-refractivity contribution in [2.45, 2.75) is 76.8 Å². The summed E-state index contributed by atoms with van der Waals surface area (Å²) in [6, 6.07) is 27.7. The lowest BCUT2D eigenvalue weighted by molar-refractivity contribution is -0.122. The third kappa shape index (κ3) is 8.99. The molecule has 0 aliphatic rings. The van der Waals surface area contributed by atoms with E-state index in [1.807, 2.05) is 112 Å². The summed E-state index contributed by atoms with van der Waals surface area (Å²) in [5.74, 6) is -0.113. The van der Waals surface area contributed by atoms with Crippen LogP contribution in [0.4, 0.5) is 4.79 Å². The number of alkyl carbamates (subject to hydrolysis) is 1. The standard InChI is InChI=1S/C35H43N5O5/c1-33(2,3)43-23-28(37-32(42)44-34(4,5)6)30-38-31(45-40-30)27(36)22-29(41)39-35(24-16-10-7-11-17-24,25-18-12-8-13-19-25)26-20-14-9-15-21-26/h7-21,27-28H,22-23,36H2,1-6H3,(H,37,42)(H,39,41). The van der Waals surface area contributed by atoms with Crippen molar-refractivity contribution in [2.24, 2.45) is 5.73 Å². The third-order valence-electron chi connectivity index (χ3n) is 6.81. The molecule has 2 atom stereocenters. The highest BCUT2D eigenvalue weighted by molar-refractivity contribution is 5.79. The fourth-order valence-corrected chi connectivity index (χ4v) is 4.83. The van der Waals surface area contributed by atoms with Crippen molar-refractivity contribution in [1.82, 2.24) is 20.8 Å². The van der Waals surface area contributed by atoms with Crippen LogP contribution in [0.25, 0.3) is 0 Å². The molecule has 1 heterocycles. The number of hydrogen-bond acceptors (Lipinski definition) is 8. The Balaban J connectivity index is 1.59. The monoisotopic (exact) mass is 613 g/mol. The van der Waals surface area contributed by atoms with Crippen LogP contribution < -0.4 is 16.4 Å². The van der Waals surface area contributed by atoms with Gasteiger partial charge in [-0.3, -0.25) is 4.79 Å². The number of rotatable bonds is 11. The van der Waals surface area contributed by atoms with Crippen molar-refractivity contribution in [3.63, 3.8) is 0 Å². The molecule has 0 fully saturated rings. The summed E-state index contributed by atoms with van der Waals surface area (Å²) in [5.41, 5.74) is 6.95. The smallest absolute Gasteiger partial charge is 0.408 e. The van der Waals surface area contributed by atoms with Gasteiger partial charge in [0.2, 0.25) is 11.8 Å². The summed E-state index contributed by atoms with van der Waals surface area (Å²) in [6.45, 7) is 11.1. The summed E-state index contributed by atoms with van der Waals surface area (Å²) in [4.78, 5) is 30.9. The fraction of sp³-hybridized carbons (Fsp3) is 0.371. The second-order valence-corrected chi connectivity index (χ2v) is 12.8. The van der Waals surface area contributed by atoms with E-state index in [0.717, 1.165) is 16.7 Å². The summed E-state index contributed by atoms with van der Waals surface area (Å²) in [7, 11) is 0. The van der Waals surface area contributed by atoms with Gasteiger partial charge in [-0.25, -0.2) is 4.79 Å². The molecule has 45 heavy (non-hydrogen) atoms. The Labute approximate surface area is 264 Å². The van der Waals surface area contributed by atoms with Gasteiger partial charge in [0.1, 0.15) is 17.2 Å². The van der Waals surface area contributed by atoms with Crippen molar-refractivity contribution >= 4 is 12.0 Å². The van der Waals surface area contributed by atoms with Crippen molar-refractivity contribution in [1.29, 1.82) is 0 Å². The first-order chi connectivity index (χ1) is 21.3. The number of carbonyl (C=O) groups excluding carboxylic acids is 2. The van der Waals surface area contributed by atoms with Crippen LogP contribution in [-0.4, -0.2) is 40.0 Å². The van der Waals surface area contributed by atoms with E-state index in [2.05, 4.69) is 20.8 Å². The van der Waals surface area contributed by atoms with E-state index in [-0.39, 0.29) is 30.7 Å².